The van der Waals surface area contributed by atoms with E-state index in [0.717, 1.165) is 4.47 Å². The lowest BCUT2D eigenvalue weighted by atomic mass is 10.1. The summed E-state index contributed by atoms with van der Waals surface area (Å²) in [7, 11) is 2.80. The Balaban J connectivity index is 1.53. The second kappa shape index (κ2) is 12.3. The maximum absolute atomic E-state index is 12.8. The maximum Gasteiger partial charge on any atom is 0.413 e. The van der Waals surface area contributed by atoms with Gasteiger partial charge < -0.3 is 28.4 Å². The third-order valence-electron chi connectivity index (χ3n) is 5.71. The van der Waals surface area contributed by atoms with Gasteiger partial charge in [-0.1, -0.05) is 27.5 Å². The average Bonchev–Trinajstić information content (AvgIpc) is 3.17. The predicted molar refractivity (Wildman–Crippen MR) is 142 cm³/mol. The molecular weight excluding hydrogens is 582 g/mol. The number of nitrogens with zero attached hydrogens (tertiary/aromatic N) is 1. The van der Waals surface area contributed by atoms with Gasteiger partial charge in [-0.2, -0.15) is 0 Å². The van der Waals surface area contributed by atoms with Crippen molar-refractivity contribution in [3.63, 3.8) is 0 Å². The molecule has 1 aliphatic heterocycles. The van der Waals surface area contributed by atoms with Crippen molar-refractivity contribution < 1.29 is 38.0 Å². The highest BCUT2D eigenvalue weighted by Gasteiger charge is 2.40. The monoisotopic (exact) mass is 605 g/mol. The molecule has 3 aromatic rings. The molecule has 1 aliphatic rings. The number of benzene rings is 3. The lowest BCUT2D eigenvalue weighted by Gasteiger charge is -2.22. The molecule has 0 aliphatic carbocycles. The molecule has 0 radical (unpaired) electrons. The summed E-state index contributed by atoms with van der Waals surface area (Å²) in [5.74, 6) is 1.72. The topological polar surface area (TPSA) is 92.8 Å². The fourth-order valence-electron chi connectivity index (χ4n) is 3.66. The molecule has 200 valence electrons. The van der Waals surface area contributed by atoms with Crippen molar-refractivity contribution >= 4 is 39.6 Å². The van der Waals surface area contributed by atoms with Gasteiger partial charge in [-0.25, -0.2) is 9.59 Å². The van der Waals surface area contributed by atoms with Crippen molar-refractivity contribution in [3.8, 4) is 28.7 Å². The van der Waals surface area contributed by atoms with E-state index in [2.05, 4.69) is 20.7 Å². The van der Waals surface area contributed by atoms with Gasteiger partial charge in [0.15, 0.2) is 18.1 Å². The van der Waals surface area contributed by atoms with Gasteiger partial charge in [-0.05, 0) is 61.5 Å². The van der Waals surface area contributed by atoms with Crippen molar-refractivity contribution in [3.05, 3.63) is 75.7 Å². The van der Waals surface area contributed by atoms with Gasteiger partial charge in [-0.3, -0.25) is 4.90 Å². The van der Waals surface area contributed by atoms with Crippen LogP contribution in [0.3, 0.4) is 0 Å². The first kappa shape index (κ1) is 27.4. The molecule has 0 aromatic heterocycles. The fourth-order valence-corrected chi connectivity index (χ4v) is 4.19. The van der Waals surface area contributed by atoms with Crippen LogP contribution < -0.4 is 18.9 Å². The van der Waals surface area contributed by atoms with Crippen LogP contribution in [-0.4, -0.2) is 50.1 Å². The Hall–Kier alpha value is -3.63. The fraction of sp³-hybridized carbons (Fsp3) is 0.259. The highest BCUT2D eigenvalue weighted by molar-refractivity contribution is 9.10. The van der Waals surface area contributed by atoms with E-state index in [4.69, 9.17) is 35.3 Å². The molecule has 1 fully saturated rings. The number of halogens is 2. The molecule has 2 atom stereocenters. The number of carbonyl (C=O) groups excluding carboxylic acids is 2. The zero-order chi connectivity index (χ0) is 27.2. The Bertz CT molecular complexity index is 1300. The number of methoxy groups -OCH3 is 2. The summed E-state index contributed by atoms with van der Waals surface area (Å²) in [4.78, 5) is 25.8. The third kappa shape index (κ3) is 6.62. The second-order valence-electron chi connectivity index (χ2n) is 8.22. The SMILES string of the molecule is COC(=O)COc1ccc(OC)c(Oc2ccc(Br)cc2CN2C(=O)O[C@H](Oc3ccc(Cl)cc3)[C@H]2C)c1. The number of rotatable bonds is 10. The van der Waals surface area contributed by atoms with E-state index in [1.165, 1.54) is 14.2 Å². The average molecular weight is 607 g/mol. The molecule has 0 unspecified atom stereocenters. The zero-order valence-electron chi connectivity index (χ0n) is 20.8. The summed E-state index contributed by atoms with van der Waals surface area (Å²) >= 11 is 9.43. The van der Waals surface area contributed by atoms with Crippen LogP contribution in [0.4, 0.5) is 4.79 Å². The molecule has 1 amide bonds. The number of hydrogen-bond acceptors (Lipinski definition) is 8. The Morgan fingerprint density at radius 2 is 1.71 bits per heavy atom. The van der Waals surface area contributed by atoms with Crippen LogP contribution in [0, 0.1) is 0 Å². The van der Waals surface area contributed by atoms with E-state index in [-0.39, 0.29) is 13.2 Å². The van der Waals surface area contributed by atoms with Crippen molar-refractivity contribution in [2.24, 2.45) is 0 Å². The van der Waals surface area contributed by atoms with Gasteiger partial charge in [0.25, 0.3) is 6.29 Å². The van der Waals surface area contributed by atoms with E-state index in [1.54, 1.807) is 53.4 Å². The van der Waals surface area contributed by atoms with Crippen LogP contribution in [0.1, 0.15) is 12.5 Å². The molecule has 1 saturated heterocycles. The molecule has 1 heterocycles. The third-order valence-corrected chi connectivity index (χ3v) is 6.45. The van der Waals surface area contributed by atoms with Crippen LogP contribution in [0.5, 0.6) is 28.7 Å². The molecule has 4 rings (SSSR count). The van der Waals surface area contributed by atoms with Gasteiger partial charge in [0, 0.05) is 21.1 Å². The van der Waals surface area contributed by atoms with Crippen molar-refractivity contribution in [1.82, 2.24) is 4.90 Å². The summed E-state index contributed by atoms with van der Waals surface area (Å²) < 4.78 is 33.9. The van der Waals surface area contributed by atoms with E-state index in [9.17, 15) is 9.59 Å². The molecule has 0 saturated carbocycles. The molecule has 0 bridgehead atoms. The minimum atomic E-state index is -0.802. The lowest BCUT2D eigenvalue weighted by molar-refractivity contribution is -0.142. The normalized spacial score (nSPS) is 16.6. The van der Waals surface area contributed by atoms with Crippen LogP contribution in [-0.2, 0) is 20.8 Å². The number of hydrogen-bond donors (Lipinski definition) is 0. The first-order valence-electron chi connectivity index (χ1n) is 11.5. The molecule has 38 heavy (non-hydrogen) atoms. The predicted octanol–water partition coefficient (Wildman–Crippen LogP) is 6.20. The van der Waals surface area contributed by atoms with E-state index >= 15 is 0 Å². The van der Waals surface area contributed by atoms with Crippen LogP contribution >= 0.6 is 27.5 Å². The van der Waals surface area contributed by atoms with E-state index in [1.807, 2.05) is 19.1 Å². The molecule has 9 nitrogen and oxygen atoms in total. The van der Waals surface area contributed by atoms with E-state index < -0.39 is 24.4 Å². The summed E-state index contributed by atoms with van der Waals surface area (Å²) in [6.45, 7) is 1.78. The number of carbonyl (C=O) groups is 2. The maximum atomic E-state index is 12.8. The Kier molecular flexibility index (Phi) is 8.85. The summed E-state index contributed by atoms with van der Waals surface area (Å²) in [6.07, 6.45) is -1.32. The number of esters is 1. The van der Waals surface area contributed by atoms with E-state index in [0.29, 0.717) is 39.3 Å². The lowest BCUT2D eigenvalue weighted by Crippen LogP contribution is -2.36. The Labute approximate surface area is 233 Å². The van der Waals surface area contributed by atoms with Gasteiger partial charge in [0.05, 0.1) is 20.8 Å². The highest BCUT2D eigenvalue weighted by Crippen LogP contribution is 2.38. The Morgan fingerprint density at radius 1 is 1.00 bits per heavy atom. The quantitative estimate of drug-likeness (QED) is 0.252. The van der Waals surface area contributed by atoms with Crippen LogP contribution in [0.15, 0.2) is 65.1 Å². The standard InChI is InChI=1S/C27H25BrClNO8/c1-16-26(36-20-7-5-19(29)6-8-20)38-27(32)30(16)14-17-12-18(28)4-10-22(17)37-24-13-21(9-11-23(24)33-2)35-15-25(31)34-3/h4-13,16,26H,14-15H2,1-3H3/t16-,26+/m1/s1. The molecule has 0 spiro atoms. The zero-order valence-corrected chi connectivity index (χ0v) is 23.2. The van der Waals surface area contributed by atoms with Gasteiger partial charge in [0.2, 0.25) is 0 Å². The minimum Gasteiger partial charge on any atom is -0.493 e. The van der Waals surface area contributed by atoms with Crippen molar-refractivity contribution in [2.75, 3.05) is 20.8 Å². The van der Waals surface area contributed by atoms with Crippen LogP contribution in [0.25, 0.3) is 0 Å². The molecule has 0 N–H and O–H groups in total. The summed E-state index contributed by atoms with van der Waals surface area (Å²) in [6, 6.07) is 16.8. The van der Waals surface area contributed by atoms with Crippen LogP contribution in [0.2, 0.25) is 5.02 Å². The Morgan fingerprint density at radius 3 is 2.42 bits per heavy atom. The first-order valence-corrected chi connectivity index (χ1v) is 12.7. The smallest absolute Gasteiger partial charge is 0.413 e. The summed E-state index contributed by atoms with van der Waals surface area (Å²) in [5, 5.41) is 0.579. The number of ether oxygens (including phenoxy) is 6. The van der Waals surface area contributed by atoms with Gasteiger partial charge in [-0.15, -0.1) is 0 Å². The minimum absolute atomic E-state index is 0.191. The first-order chi connectivity index (χ1) is 18.3. The second-order valence-corrected chi connectivity index (χ2v) is 9.58. The summed E-state index contributed by atoms with van der Waals surface area (Å²) in [5.41, 5.74) is 0.707. The highest BCUT2D eigenvalue weighted by atomic mass is 79.9. The number of cyclic esters (lactones) is 1. The number of amides is 1. The largest absolute Gasteiger partial charge is 0.493 e. The van der Waals surface area contributed by atoms with Crippen molar-refractivity contribution in [2.45, 2.75) is 25.8 Å². The van der Waals surface area contributed by atoms with Gasteiger partial charge >= 0.3 is 12.1 Å². The van der Waals surface area contributed by atoms with Crippen molar-refractivity contribution in [1.29, 1.82) is 0 Å². The molecular formula is C27H25BrClNO8. The molecule has 11 heteroatoms. The molecule has 3 aromatic carbocycles. The van der Waals surface area contributed by atoms with Gasteiger partial charge in [0.1, 0.15) is 23.3 Å².